The average molecular weight is 203 g/mol. The van der Waals surface area contributed by atoms with E-state index >= 15 is 0 Å². The quantitative estimate of drug-likeness (QED) is 0.642. The molecule has 0 amide bonds. The van der Waals surface area contributed by atoms with Gasteiger partial charge in [-0.1, -0.05) is 0 Å². The third kappa shape index (κ3) is 1.18. The summed E-state index contributed by atoms with van der Waals surface area (Å²) in [6.07, 6.45) is 0. The number of aromatic nitrogens is 2. The Kier molecular flexibility index (Phi) is 1.73. The monoisotopic (exact) mass is 202 g/mol. The van der Waals surface area contributed by atoms with Crippen LogP contribution in [-0.2, 0) is 7.05 Å². The zero-order valence-corrected chi connectivity index (χ0v) is 7.44. The minimum Gasteiger partial charge on any atom is -0.318 e. The molecule has 1 aromatic heterocycles. The summed E-state index contributed by atoms with van der Waals surface area (Å²) in [5.41, 5.74) is 0.829. The Balaban J connectivity index is 2.89. The number of halogens is 3. The van der Waals surface area contributed by atoms with Gasteiger partial charge in [-0.2, -0.15) is 0 Å². The van der Waals surface area contributed by atoms with Gasteiger partial charge in [0, 0.05) is 19.2 Å². The predicted octanol–water partition coefficient (Wildman–Crippen LogP) is 2.50. The first-order valence-electron chi connectivity index (χ1n) is 3.56. The standard InChI is InChI=1S/C8H5ClF2N2/c1-13-7-3-5(11)4(10)2-6(7)12-8(13)9/h2-3H,1H3. The molecule has 0 aliphatic rings. The first kappa shape index (κ1) is 8.44. The molecule has 0 aliphatic carbocycles. The molecule has 0 aliphatic heterocycles. The topological polar surface area (TPSA) is 17.8 Å². The summed E-state index contributed by atoms with van der Waals surface area (Å²) in [5.74, 6) is -1.81. The normalized spacial score (nSPS) is 11.1. The number of fused-ring (bicyclic) bond motifs is 1. The van der Waals surface area contributed by atoms with Crippen LogP contribution in [0.5, 0.6) is 0 Å². The molecule has 1 aromatic carbocycles. The van der Waals surface area contributed by atoms with E-state index in [0.29, 0.717) is 11.0 Å². The van der Waals surface area contributed by atoms with Gasteiger partial charge in [-0.3, -0.25) is 0 Å². The Morgan fingerprint density at radius 2 is 1.92 bits per heavy atom. The van der Waals surface area contributed by atoms with Gasteiger partial charge in [0.25, 0.3) is 0 Å². The highest BCUT2D eigenvalue weighted by Crippen LogP contribution is 2.20. The molecule has 68 valence electrons. The fourth-order valence-electron chi connectivity index (χ4n) is 1.16. The van der Waals surface area contributed by atoms with Crippen molar-refractivity contribution >= 4 is 22.6 Å². The average Bonchev–Trinajstić information content (AvgIpc) is 2.32. The van der Waals surface area contributed by atoms with Gasteiger partial charge in [-0.25, -0.2) is 13.8 Å². The summed E-state index contributed by atoms with van der Waals surface area (Å²) in [6, 6.07) is 2.10. The minimum absolute atomic E-state index is 0.208. The highest BCUT2D eigenvalue weighted by atomic mass is 35.5. The van der Waals surface area contributed by atoms with Crippen molar-refractivity contribution in [3.05, 3.63) is 29.1 Å². The van der Waals surface area contributed by atoms with Crippen molar-refractivity contribution < 1.29 is 8.78 Å². The number of hydrogen-bond acceptors (Lipinski definition) is 1. The number of imidazole rings is 1. The van der Waals surface area contributed by atoms with Crippen LogP contribution in [0.3, 0.4) is 0 Å². The summed E-state index contributed by atoms with van der Waals surface area (Å²) >= 11 is 5.66. The highest BCUT2D eigenvalue weighted by molar-refractivity contribution is 6.29. The zero-order chi connectivity index (χ0) is 9.59. The molecular weight excluding hydrogens is 198 g/mol. The summed E-state index contributed by atoms with van der Waals surface area (Å²) in [4.78, 5) is 3.84. The lowest BCUT2D eigenvalue weighted by Crippen LogP contribution is -1.89. The van der Waals surface area contributed by atoms with Crippen LogP contribution in [0.25, 0.3) is 11.0 Å². The first-order chi connectivity index (χ1) is 6.09. The second-order valence-electron chi connectivity index (χ2n) is 2.69. The second kappa shape index (κ2) is 2.67. The van der Waals surface area contributed by atoms with Gasteiger partial charge < -0.3 is 4.57 Å². The molecular formula is C8H5ClF2N2. The molecule has 13 heavy (non-hydrogen) atoms. The van der Waals surface area contributed by atoms with E-state index in [-0.39, 0.29) is 5.28 Å². The number of hydrogen-bond donors (Lipinski definition) is 0. The van der Waals surface area contributed by atoms with Gasteiger partial charge in [0.1, 0.15) is 0 Å². The lowest BCUT2D eigenvalue weighted by Gasteiger charge is -1.95. The molecule has 0 atom stereocenters. The summed E-state index contributed by atoms with van der Waals surface area (Å²) in [7, 11) is 1.63. The smallest absolute Gasteiger partial charge is 0.203 e. The largest absolute Gasteiger partial charge is 0.318 e. The SMILES string of the molecule is Cn1c(Cl)nc2cc(F)c(F)cc21. The van der Waals surface area contributed by atoms with E-state index in [9.17, 15) is 8.78 Å². The molecule has 0 N–H and O–H groups in total. The fourth-order valence-corrected chi connectivity index (χ4v) is 1.34. The minimum atomic E-state index is -0.915. The van der Waals surface area contributed by atoms with Crippen molar-refractivity contribution in [2.45, 2.75) is 0 Å². The van der Waals surface area contributed by atoms with Crippen LogP contribution in [-0.4, -0.2) is 9.55 Å². The Morgan fingerprint density at radius 3 is 2.62 bits per heavy atom. The van der Waals surface area contributed by atoms with Gasteiger partial charge in [0.15, 0.2) is 11.6 Å². The van der Waals surface area contributed by atoms with E-state index in [1.165, 1.54) is 4.57 Å². The molecule has 0 fully saturated rings. The summed E-state index contributed by atoms with van der Waals surface area (Å²) in [5, 5.41) is 0.208. The Morgan fingerprint density at radius 1 is 1.31 bits per heavy atom. The summed E-state index contributed by atoms with van der Waals surface area (Å²) < 4.78 is 27.0. The van der Waals surface area contributed by atoms with E-state index in [4.69, 9.17) is 11.6 Å². The van der Waals surface area contributed by atoms with Gasteiger partial charge in [0.2, 0.25) is 5.28 Å². The van der Waals surface area contributed by atoms with Crippen LogP contribution in [0.2, 0.25) is 5.28 Å². The highest BCUT2D eigenvalue weighted by Gasteiger charge is 2.10. The first-order valence-corrected chi connectivity index (χ1v) is 3.94. The number of benzene rings is 1. The molecule has 0 bridgehead atoms. The van der Waals surface area contributed by atoms with Crippen LogP contribution >= 0.6 is 11.6 Å². The maximum Gasteiger partial charge on any atom is 0.203 e. The van der Waals surface area contributed by atoms with Crippen LogP contribution in [0.1, 0.15) is 0 Å². The van der Waals surface area contributed by atoms with E-state index in [1.807, 2.05) is 0 Å². The Bertz CT molecular complexity index is 478. The van der Waals surface area contributed by atoms with Gasteiger partial charge in [0.05, 0.1) is 11.0 Å². The molecule has 0 saturated carbocycles. The molecule has 1 heterocycles. The second-order valence-corrected chi connectivity index (χ2v) is 3.03. The van der Waals surface area contributed by atoms with E-state index in [1.54, 1.807) is 7.05 Å². The lowest BCUT2D eigenvalue weighted by molar-refractivity contribution is 0.510. The zero-order valence-electron chi connectivity index (χ0n) is 6.68. The molecule has 2 aromatic rings. The lowest BCUT2D eigenvalue weighted by atomic mass is 10.3. The molecule has 0 spiro atoms. The molecule has 2 rings (SSSR count). The Labute approximate surface area is 77.8 Å². The van der Waals surface area contributed by atoms with Crippen LogP contribution in [0, 0.1) is 11.6 Å². The van der Waals surface area contributed by atoms with Gasteiger partial charge in [-0.05, 0) is 11.6 Å². The van der Waals surface area contributed by atoms with Crippen molar-refractivity contribution in [2.75, 3.05) is 0 Å². The molecule has 0 unspecified atom stereocenters. The van der Waals surface area contributed by atoms with Crippen molar-refractivity contribution in [1.82, 2.24) is 9.55 Å². The molecule has 0 radical (unpaired) electrons. The summed E-state index contributed by atoms with van der Waals surface area (Å²) in [6.45, 7) is 0. The molecule has 0 saturated heterocycles. The molecule has 2 nitrogen and oxygen atoms in total. The number of nitrogens with zero attached hydrogens (tertiary/aromatic N) is 2. The third-order valence-electron chi connectivity index (χ3n) is 1.87. The van der Waals surface area contributed by atoms with Crippen LogP contribution in [0.15, 0.2) is 12.1 Å². The maximum absolute atomic E-state index is 12.8. The molecule has 5 heteroatoms. The van der Waals surface area contributed by atoms with Crippen molar-refractivity contribution in [1.29, 1.82) is 0 Å². The van der Waals surface area contributed by atoms with E-state index < -0.39 is 11.6 Å². The van der Waals surface area contributed by atoms with Crippen molar-refractivity contribution in [3.8, 4) is 0 Å². The predicted molar refractivity (Wildman–Crippen MR) is 45.6 cm³/mol. The van der Waals surface area contributed by atoms with Crippen LogP contribution < -0.4 is 0 Å². The third-order valence-corrected chi connectivity index (χ3v) is 2.21. The van der Waals surface area contributed by atoms with Crippen molar-refractivity contribution in [3.63, 3.8) is 0 Å². The van der Waals surface area contributed by atoms with Crippen LogP contribution in [0.4, 0.5) is 8.78 Å². The number of aryl methyl sites for hydroxylation is 1. The van der Waals surface area contributed by atoms with Gasteiger partial charge in [-0.15, -0.1) is 0 Å². The van der Waals surface area contributed by atoms with E-state index in [2.05, 4.69) is 4.98 Å². The fraction of sp³-hybridized carbons (Fsp3) is 0.125. The maximum atomic E-state index is 12.8. The van der Waals surface area contributed by atoms with E-state index in [0.717, 1.165) is 12.1 Å². The van der Waals surface area contributed by atoms with Gasteiger partial charge >= 0.3 is 0 Å². The number of rotatable bonds is 0. The Hall–Kier alpha value is -1.16. The van der Waals surface area contributed by atoms with Crippen molar-refractivity contribution in [2.24, 2.45) is 7.05 Å².